The van der Waals surface area contributed by atoms with Gasteiger partial charge in [-0.3, -0.25) is 23.5 Å². The molecule has 2 amide bonds. The topological polar surface area (TPSA) is 121 Å². The summed E-state index contributed by atoms with van der Waals surface area (Å²) in [5, 5.41) is 5.97. The van der Waals surface area contributed by atoms with Gasteiger partial charge in [0, 0.05) is 25.2 Å². The predicted molar refractivity (Wildman–Crippen MR) is 146 cm³/mol. The summed E-state index contributed by atoms with van der Waals surface area (Å²) in [5.41, 5.74) is 1.81. The number of fused-ring (bicyclic) bond motifs is 2. The molecule has 0 saturated heterocycles. The lowest BCUT2D eigenvalue weighted by Gasteiger charge is -2.14. The van der Waals surface area contributed by atoms with Gasteiger partial charge in [0.15, 0.2) is 11.5 Å². The number of aromatic nitrogens is 2. The minimum atomic E-state index is -0.598. The number of rotatable bonds is 9. The quantitative estimate of drug-likeness (QED) is 0.345. The lowest BCUT2D eigenvalue weighted by atomic mass is 10.2. The number of benzene rings is 3. The van der Waals surface area contributed by atoms with Crippen molar-refractivity contribution in [2.75, 3.05) is 12.1 Å². The Morgan fingerprint density at radius 1 is 0.897 bits per heavy atom. The molecule has 1 aliphatic rings. The summed E-state index contributed by atoms with van der Waals surface area (Å²) < 4.78 is 13.0. The summed E-state index contributed by atoms with van der Waals surface area (Å²) in [7, 11) is 0. The average molecular weight is 529 g/mol. The van der Waals surface area contributed by atoms with Gasteiger partial charge in [-0.1, -0.05) is 30.3 Å². The second kappa shape index (κ2) is 11.3. The van der Waals surface area contributed by atoms with E-state index in [2.05, 4.69) is 10.6 Å². The van der Waals surface area contributed by atoms with Crippen LogP contribution in [-0.4, -0.2) is 27.7 Å². The van der Waals surface area contributed by atoms with Gasteiger partial charge in [-0.25, -0.2) is 4.79 Å². The summed E-state index contributed by atoms with van der Waals surface area (Å²) in [4.78, 5) is 51.7. The van der Waals surface area contributed by atoms with Crippen molar-refractivity contribution >= 4 is 28.4 Å². The number of amides is 2. The fourth-order valence-electron chi connectivity index (χ4n) is 4.53. The molecule has 5 rings (SSSR count). The molecule has 39 heavy (non-hydrogen) atoms. The molecule has 0 fully saturated rings. The third-order valence-corrected chi connectivity index (χ3v) is 6.45. The van der Waals surface area contributed by atoms with Crippen molar-refractivity contribution in [3.05, 3.63) is 98.7 Å². The van der Waals surface area contributed by atoms with Crippen LogP contribution in [0.25, 0.3) is 10.9 Å². The van der Waals surface area contributed by atoms with Gasteiger partial charge in [-0.15, -0.1) is 0 Å². The molecule has 4 aromatic rings. The van der Waals surface area contributed by atoms with Crippen molar-refractivity contribution in [2.24, 2.45) is 0 Å². The Labute approximate surface area is 223 Å². The van der Waals surface area contributed by atoms with Crippen LogP contribution in [0.15, 0.2) is 76.3 Å². The smallest absolute Gasteiger partial charge is 0.331 e. The van der Waals surface area contributed by atoms with Crippen molar-refractivity contribution in [1.82, 2.24) is 14.5 Å². The van der Waals surface area contributed by atoms with Gasteiger partial charge in [0.2, 0.25) is 18.6 Å². The van der Waals surface area contributed by atoms with Crippen LogP contribution >= 0.6 is 0 Å². The number of nitrogens with one attached hydrogen (secondary N) is 2. The highest BCUT2D eigenvalue weighted by molar-refractivity contribution is 5.91. The van der Waals surface area contributed by atoms with Crippen molar-refractivity contribution in [3.8, 4) is 11.5 Å². The van der Waals surface area contributed by atoms with E-state index in [4.69, 9.17) is 9.47 Å². The molecule has 200 valence electrons. The van der Waals surface area contributed by atoms with Crippen LogP contribution in [0.3, 0.4) is 0 Å². The highest BCUT2D eigenvalue weighted by Crippen LogP contribution is 2.32. The lowest BCUT2D eigenvalue weighted by molar-refractivity contribution is -0.121. The highest BCUT2D eigenvalue weighted by atomic mass is 16.7. The maximum absolute atomic E-state index is 13.3. The second-order valence-corrected chi connectivity index (χ2v) is 9.33. The van der Waals surface area contributed by atoms with Gasteiger partial charge in [-0.2, -0.15) is 0 Å². The Balaban J connectivity index is 1.26. The van der Waals surface area contributed by atoms with E-state index in [9.17, 15) is 19.2 Å². The summed E-state index contributed by atoms with van der Waals surface area (Å²) in [6.45, 7) is 2.19. The van der Waals surface area contributed by atoms with Crippen LogP contribution in [0.1, 0.15) is 24.0 Å². The maximum atomic E-state index is 13.3. The SMILES string of the molecule is Cc1cccc(NC(=O)Cn2c(=O)n(CCCC(=O)NCc3ccc4c(c3)OCO4)c(=O)c3ccccc32)c1. The number of anilines is 1. The predicted octanol–water partition coefficient (Wildman–Crippen LogP) is 2.94. The number of ether oxygens (including phenoxy) is 2. The zero-order chi connectivity index (χ0) is 27.4. The summed E-state index contributed by atoms with van der Waals surface area (Å²) in [6, 6.07) is 19.5. The van der Waals surface area contributed by atoms with Crippen LogP contribution in [0, 0.1) is 6.92 Å². The van der Waals surface area contributed by atoms with E-state index < -0.39 is 11.2 Å². The Bertz CT molecular complexity index is 1670. The number of hydrogen-bond donors (Lipinski definition) is 2. The first-order valence-electron chi connectivity index (χ1n) is 12.6. The molecule has 0 atom stereocenters. The molecule has 0 bridgehead atoms. The van der Waals surface area contributed by atoms with Crippen LogP contribution in [-0.2, 0) is 29.2 Å². The molecule has 0 saturated carbocycles. The molecule has 1 aliphatic heterocycles. The molecule has 10 heteroatoms. The summed E-state index contributed by atoms with van der Waals surface area (Å²) >= 11 is 0. The molecule has 10 nitrogen and oxygen atoms in total. The monoisotopic (exact) mass is 528 g/mol. The van der Waals surface area contributed by atoms with E-state index in [1.54, 1.807) is 36.4 Å². The second-order valence-electron chi connectivity index (χ2n) is 9.33. The summed E-state index contributed by atoms with van der Waals surface area (Å²) in [5.74, 6) is 0.714. The minimum absolute atomic E-state index is 0.0411. The largest absolute Gasteiger partial charge is 0.454 e. The third kappa shape index (κ3) is 5.85. The molecule has 2 N–H and O–H groups in total. The van der Waals surface area contributed by atoms with Gasteiger partial charge in [0.25, 0.3) is 5.56 Å². The first-order valence-corrected chi connectivity index (χ1v) is 12.6. The molecule has 0 spiro atoms. The molecule has 3 aromatic carbocycles. The minimum Gasteiger partial charge on any atom is -0.454 e. The first kappa shape index (κ1) is 25.8. The Morgan fingerprint density at radius 3 is 2.56 bits per heavy atom. The fraction of sp³-hybridized carbons (Fsp3) is 0.241. The molecule has 2 heterocycles. The van der Waals surface area contributed by atoms with E-state index in [-0.39, 0.29) is 44.5 Å². The van der Waals surface area contributed by atoms with E-state index in [0.717, 1.165) is 15.7 Å². The van der Waals surface area contributed by atoms with Crippen LogP contribution in [0.2, 0.25) is 0 Å². The van der Waals surface area contributed by atoms with Crippen LogP contribution in [0.5, 0.6) is 11.5 Å². The third-order valence-electron chi connectivity index (χ3n) is 6.45. The van der Waals surface area contributed by atoms with Gasteiger partial charge in [0.1, 0.15) is 6.54 Å². The van der Waals surface area contributed by atoms with Crippen molar-refractivity contribution in [1.29, 1.82) is 0 Å². The normalized spacial score (nSPS) is 11.9. The van der Waals surface area contributed by atoms with E-state index in [1.807, 2.05) is 37.3 Å². The van der Waals surface area contributed by atoms with Crippen molar-refractivity contribution < 1.29 is 19.1 Å². The first-order chi connectivity index (χ1) is 18.9. The fourth-order valence-corrected chi connectivity index (χ4v) is 4.53. The van der Waals surface area contributed by atoms with Gasteiger partial charge in [0.05, 0.1) is 10.9 Å². The van der Waals surface area contributed by atoms with Gasteiger partial charge in [-0.05, 0) is 60.9 Å². The standard InChI is InChI=1S/C29H28N4O6/c1-19-6-4-7-21(14-19)31-27(35)17-33-23-9-3-2-8-22(23)28(36)32(29(33)37)13-5-10-26(34)30-16-20-11-12-24-25(15-20)39-18-38-24/h2-4,6-9,11-12,14-15H,5,10,13,16-18H2,1H3,(H,30,34)(H,31,35). The molecule has 1 aromatic heterocycles. The van der Waals surface area contributed by atoms with Gasteiger partial charge >= 0.3 is 5.69 Å². The Kier molecular flexibility index (Phi) is 7.44. The summed E-state index contributed by atoms with van der Waals surface area (Å²) in [6.07, 6.45) is 0.396. The zero-order valence-corrected chi connectivity index (χ0v) is 21.4. The maximum Gasteiger partial charge on any atom is 0.331 e. The van der Waals surface area contributed by atoms with E-state index in [1.165, 1.54) is 4.57 Å². The molecule has 0 unspecified atom stereocenters. The van der Waals surface area contributed by atoms with Crippen LogP contribution in [0.4, 0.5) is 5.69 Å². The van der Waals surface area contributed by atoms with E-state index >= 15 is 0 Å². The van der Waals surface area contributed by atoms with Crippen molar-refractivity contribution in [3.63, 3.8) is 0 Å². The number of para-hydroxylation sites is 1. The number of carbonyl (C=O) groups is 2. The lowest BCUT2D eigenvalue weighted by Crippen LogP contribution is -2.42. The van der Waals surface area contributed by atoms with Crippen LogP contribution < -0.4 is 31.4 Å². The molecular weight excluding hydrogens is 500 g/mol. The molecule has 0 radical (unpaired) electrons. The Hall–Kier alpha value is -4.86. The number of carbonyl (C=O) groups excluding carboxylic acids is 2. The number of aryl methyl sites for hydroxylation is 1. The average Bonchev–Trinajstić information content (AvgIpc) is 3.40. The number of nitrogens with zero attached hydrogens (tertiary/aromatic N) is 2. The highest BCUT2D eigenvalue weighted by Gasteiger charge is 2.16. The molecule has 0 aliphatic carbocycles. The van der Waals surface area contributed by atoms with E-state index in [0.29, 0.717) is 34.6 Å². The Morgan fingerprint density at radius 2 is 1.72 bits per heavy atom. The van der Waals surface area contributed by atoms with Crippen molar-refractivity contribution in [2.45, 2.75) is 39.4 Å². The van der Waals surface area contributed by atoms with Gasteiger partial charge < -0.3 is 20.1 Å². The zero-order valence-electron chi connectivity index (χ0n) is 21.4. The molecular formula is C29H28N4O6. The number of hydrogen-bond acceptors (Lipinski definition) is 6.